The van der Waals surface area contributed by atoms with Crippen molar-refractivity contribution in [3.63, 3.8) is 0 Å². The predicted octanol–water partition coefficient (Wildman–Crippen LogP) is 22.4. The van der Waals surface area contributed by atoms with Crippen molar-refractivity contribution < 1.29 is 28.4 Å². The highest BCUT2D eigenvalue weighted by Gasteiger charge is 2.52. The van der Waals surface area contributed by atoms with Crippen LogP contribution in [0.5, 0.6) is 0 Å². The maximum atomic E-state index is 13.1. The van der Waals surface area contributed by atoms with Crippen LogP contribution in [0.4, 0.5) is 20.6 Å². The first-order valence-electron chi connectivity index (χ1n) is 37.2. The molecule has 0 atom stereocenters. The lowest BCUT2D eigenvalue weighted by Gasteiger charge is -2.24. The van der Waals surface area contributed by atoms with Gasteiger partial charge < -0.3 is 26.3 Å². The van der Waals surface area contributed by atoms with Crippen LogP contribution < -0.4 is 26.8 Å². The van der Waals surface area contributed by atoms with E-state index in [1.807, 2.05) is 62.5 Å². The lowest BCUT2D eigenvalue weighted by atomic mass is 9.94. The quantitative estimate of drug-likeness (QED) is 0.0882. The van der Waals surface area contributed by atoms with Crippen molar-refractivity contribution in [2.45, 2.75) is 223 Å². The molecule has 0 saturated heterocycles. The molecule has 7 aliphatic rings. The molecule has 0 radical (unpaired) electrons. The van der Waals surface area contributed by atoms with Gasteiger partial charge in [0.15, 0.2) is 17.3 Å². The summed E-state index contributed by atoms with van der Waals surface area (Å²) in [5, 5.41) is 11.3. The molecule has 8 aromatic rings. The third-order valence-corrected chi connectivity index (χ3v) is 20.0. The number of rotatable bonds is 9. The van der Waals surface area contributed by atoms with Crippen LogP contribution >= 0.6 is 0 Å². The largest absolute Gasteiger partial charge is 0.348 e. The highest BCUT2D eigenvalue weighted by atomic mass is 19.1. The number of fused-ring (bicyclic) bond motifs is 7. The fourth-order valence-electron chi connectivity index (χ4n) is 13.2. The number of H-pyrrole nitrogens is 1. The van der Waals surface area contributed by atoms with E-state index in [0.717, 1.165) is 80.8 Å². The van der Waals surface area contributed by atoms with E-state index < -0.39 is 5.82 Å². The number of allylic oxidation sites excluding steroid dienone is 1. The van der Waals surface area contributed by atoms with Gasteiger partial charge >= 0.3 is 6.03 Å². The summed E-state index contributed by atoms with van der Waals surface area (Å²) < 4.78 is 13.1. The molecular weight excluding hydrogens is 1320 g/mol. The summed E-state index contributed by atoms with van der Waals surface area (Å²) in [5.74, 6) is 3.81. The Kier molecular flexibility index (Phi) is 29.1. The second-order valence-corrected chi connectivity index (χ2v) is 30.5. The first-order chi connectivity index (χ1) is 49.8. The van der Waals surface area contributed by atoms with Gasteiger partial charge in [-0.1, -0.05) is 222 Å². The van der Waals surface area contributed by atoms with Crippen LogP contribution in [0.3, 0.4) is 0 Å². The van der Waals surface area contributed by atoms with Gasteiger partial charge in [0.2, 0.25) is 5.56 Å². The molecule has 14 heteroatoms. The van der Waals surface area contributed by atoms with Gasteiger partial charge in [-0.2, -0.15) is 0 Å². The zero-order valence-corrected chi connectivity index (χ0v) is 64.7. The standard InChI is InChI=1S/C14H16O.C12H14N2O.C12H14N2.C12H14O.C11H13FO.C11H13NO.C11H13N.C8H11NO.CH4/c1-9(2)10-3-4-12-11(7-10)13(15)8-14(12)5-6-14;1-7(2)9-5-4-6-10-8(3)13-12(15)14-11(9)10;1-8(2)10-5-4-6-11-9(3)13-7-14-12(10)11;1-8(2)10-4-3-9-5-6-12(13)11(9)7-10;1-7(2)9-4-5-11(12)10(6-9)8(3)13;1-7(2)8-4-3-5-9-10(8)6-12-11(9)13;1-8(2)10-6-9-4-3-5-11(9)12-7-10;1-6(2)7-3-4-9-8(10)5-7;/h3-4,7,9H,5-6,8H2,1-2H3;4-7H,3H2,1-2H3,(H2,13,14,15);4-8H,3H2,1-2H3,(H,13,14);3-4,7-8H,5-6H2,1-2H3;4-7H,1-3H3;3-5,7H,6H2,1-2H3,(H,12,13);3-4,6-8H,5H2,1-2H3;3-6H,1-2H3,(H,9,10);1H4. The molecule has 13 nitrogen and oxygen atoms in total. The topological polar surface area (TPSA) is 192 Å². The number of aromatic amines is 1. The van der Waals surface area contributed by atoms with Gasteiger partial charge in [0.25, 0.3) is 5.91 Å². The number of anilines is 1. The highest BCUT2D eigenvalue weighted by molar-refractivity contribution is 6.04. The zero-order chi connectivity index (χ0) is 76.7. The number of carbonyl (C=O) groups is 5. The van der Waals surface area contributed by atoms with Crippen molar-refractivity contribution in [2.75, 3.05) is 5.32 Å². The number of nitrogens with zero attached hydrogens (tertiary/aromatic N) is 2. The van der Waals surface area contributed by atoms with Gasteiger partial charge in [0.05, 0.1) is 29.0 Å². The number of halogens is 1. The molecule has 0 bridgehead atoms. The van der Waals surface area contributed by atoms with Crippen molar-refractivity contribution in [2.24, 2.45) is 4.99 Å². The Balaban J connectivity index is 0.000000169. The van der Waals surface area contributed by atoms with Gasteiger partial charge in [0, 0.05) is 88.9 Å². The van der Waals surface area contributed by atoms with Crippen LogP contribution in [-0.4, -0.2) is 45.6 Å². The SMILES string of the molecule is C.C=C1NC(=O)Nc2c1cccc2C(C)C.C=C1NC=Nc2c1cccc2C(C)C.CC(=O)c1cc(C(C)C)ccc1F.CC(C)c1cc[nH]c(=O)c1.CC(C)c1ccc2c(c1)C(=O)CC2.CC(C)c1ccc2c(c1)C(=O)CC21CC1.CC(C)c1cccc2c1CNC2=O.CC(C)c1cnc2c(c1)C=CC2. The maximum absolute atomic E-state index is 13.1. The number of urea groups is 1. The average molecular weight is 1430 g/mol. The number of hydrogen-bond donors (Lipinski definition) is 5. The lowest BCUT2D eigenvalue weighted by Crippen LogP contribution is -2.32. The second kappa shape index (κ2) is 37.2. The van der Waals surface area contributed by atoms with Crippen LogP contribution in [0.15, 0.2) is 169 Å². The van der Waals surface area contributed by atoms with Crippen molar-refractivity contribution in [1.82, 2.24) is 25.9 Å². The number of ketones is 3. The van der Waals surface area contributed by atoms with Gasteiger partial charge in [-0.15, -0.1) is 0 Å². The molecule has 6 aromatic carbocycles. The Hall–Kier alpha value is -10.2. The average Bonchev–Trinajstić information content (AvgIpc) is 1.56. The second-order valence-electron chi connectivity index (χ2n) is 30.5. The van der Waals surface area contributed by atoms with E-state index in [0.29, 0.717) is 77.6 Å². The Morgan fingerprint density at radius 2 is 1.11 bits per heavy atom. The summed E-state index contributed by atoms with van der Waals surface area (Å²) in [6.07, 6.45) is 15.6. The number of para-hydroxylation sites is 2. The molecule has 5 heterocycles. The Morgan fingerprint density at radius 1 is 0.547 bits per heavy atom. The van der Waals surface area contributed by atoms with Gasteiger partial charge in [-0.25, -0.2) is 14.2 Å². The highest BCUT2D eigenvalue weighted by Crippen LogP contribution is 2.57. The molecule has 1 spiro atoms. The monoisotopic (exact) mass is 1430 g/mol. The van der Waals surface area contributed by atoms with E-state index >= 15 is 0 Å². The molecule has 3 aliphatic heterocycles. The summed E-state index contributed by atoms with van der Waals surface area (Å²) in [6.45, 7) is 43.9. The van der Waals surface area contributed by atoms with E-state index in [9.17, 15) is 33.2 Å². The van der Waals surface area contributed by atoms with Crippen molar-refractivity contribution >= 4 is 64.5 Å². The lowest BCUT2D eigenvalue weighted by molar-refractivity contribution is 0.0961. The summed E-state index contributed by atoms with van der Waals surface area (Å²) >= 11 is 0. The first-order valence-corrected chi connectivity index (χ1v) is 37.2. The Bertz CT molecular complexity index is 4630. The molecule has 2 aromatic heterocycles. The number of carbonyl (C=O) groups excluding carboxylic acids is 5. The minimum Gasteiger partial charge on any atom is -0.348 e. The van der Waals surface area contributed by atoms with E-state index in [2.05, 4.69) is 219 Å². The maximum Gasteiger partial charge on any atom is 0.323 e. The number of benzene rings is 6. The van der Waals surface area contributed by atoms with Gasteiger partial charge in [0.1, 0.15) is 5.82 Å². The normalized spacial score (nSPS) is 14.4. The van der Waals surface area contributed by atoms with Crippen molar-refractivity contribution in [1.29, 1.82) is 0 Å². The Morgan fingerprint density at radius 3 is 1.71 bits per heavy atom. The third kappa shape index (κ3) is 21.1. The number of aryl methyl sites for hydroxylation is 1. The molecule has 558 valence electrons. The van der Waals surface area contributed by atoms with Crippen LogP contribution in [0.2, 0.25) is 0 Å². The fourth-order valence-corrected chi connectivity index (χ4v) is 13.2. The number of aromatic nitrogens is 2. The molecule has 1 saturated carbocycles. The van der Waals surface area contributed by atoms with E-state index in [4.69, 9.17) is 0 Å². The molecule has 0 unspecified atom stereocenters. The molecule has 3 amide bonds. The number of Topliss-reactive ketones (excluding diaryl/α,β-unsaturated/α-hetero) is 3. The Labute approximate surface area is 629 Å². The minimum absolute atomic E-state index is 0. The summed E-state index contributed by atoms with van der Waals surface area (Å²) in [7, 11) is 0. The smallest absolute Gasteiger partial charge is 0.323 e. The van der Waals surface area contributed by atoms with Gasteiger partial charge in [-0.3, -0.25) is 29.0 Å². The first kappa shape index (κ1) is 83.1. The molecule has 106 heavy (non-hydrogen) atoms. The number of pyridine rings is 2. The van der Waals surface area contributed by atoms with Gasteiger partial charge in [-0.05, 0) is 183 Å². The van der Waals surface area contributed by atoms with Crippen molar-refractivity contribution in [3.05, 3.63) is 281 Å². The third-order valence-electron chi connectivity index (χ3n) is 20.0. The van der Waals surface area contributed by atoms with E-state index in [-0.39, 0.29) is 41.7 Å². The number of hydrogen-bond acceptors (Lipinski definition) is 9. The predicted molar refractivity (Wildman–Crippen MR) is 437 cm³/mol. The minimum atomic E-state index is -0.433. The van der Waals surface area contributed by atoms with Crippen LogP contribution in [-0.2, 0) is 24.8 Å². The van der Waals surface area contributed by atoms with Crippen LogP contribution in [0, 0.1) is 5.82 Å². The van der Waals surface area contributed by atoms with E-state index in [1.54, 1.807) is 30.7 Å². The molecular formula is C92H112FN7O6. The molecule has 15 rings (SSSR count). The fraction of sp³-hybridized carbons (Fsp3) is 0.370. The van der Waals surface area contributed by atoms with E-state index in [1.165, 1.54) is 81.6 Å². The van der Waals surface area contributed by atoms with Crippen molar-refractivity contribution in [3.8, 4) is 0 Å². The van der Waals surface area contributed by atoms with Crippen LogP contribution in [0.1, 0.15) is 323 Å². The number of aliphatic imine (C=N–C) groups is 1. The molecule has 5 N–H and O–H groups in total. The zero-order valence-electron chi connectivity index (χ0n) is 64.7. The van der Waals surface area contributed by atoms with Crippen LogP contribution in [0.25, 0.3) is 17.5 Å². The summed E-state index contributed by atoms with van der Waals surface area (Å²) in [4.78, 5) is 79.1. The summed E-state index contributed by atoms with van der Waals surface area (Å²) in [5.41, 5.74) is 24.9. The molecule has 4 aliphatic carbocycles. The molecule has 1 fully saturated rings. The number of amides is 3. The summed E-state index contributed by atoms with van der Waals surface area (Å²) in [6, 6.07) is 41.3. The number of nitrogens with one attached hydrogen (secondary N) is 5.